The first-order chi connectivity index (χ1) is 8.50. The van der Waals surface area contributed by atoms with Crippen LogP contribution in [0.15, 0.2) is 24.3 Å². The molecule has 0 aliphatic carbocycles. The fourth-order valence-corrected chi connectivity index (χ4v) is 2.71. The van der Waals surface area contributed by atoms with Gasteiger partial charge in [-0.25, -0.2) is 0 Å². The Morgan fingerprint density at radius 2 is 1.89 bits per heavy atom. The van der Waals surface area contributed by atoms with Gasteiger partial charge >= 0.3 is 0 Å². The van der Waals surface area contributed by atoms with Crippen LogP contribution in [-0.2, 0) is 12.0 Å². The quantitative estimate of drug-likeness (QED) is 0.888. The van der Waals surface area contributed by atoms with Crippen molar-refractivity contribution in [1.29, 1.82) is 0 Å². The second-order valence-electron chi connectivity index (χ2n) is 6.45. The Morgan fingerprint density at radius 1 is 1.22 bits per heavy atom. The van der Waals surface area contributed by atoms with E-state index in [9.17, 15) is 0 Å². The van der Waals surface area contributed by atoms with Gasteiger partial charge in [-0.2, -0.15) is 0 Å². The Balaban J connectivity index is 2.02. The summed E-state index contributed by atoms with van der Waals surface area (Å²) in [5.41, 5.74) is 8.87. The molecule has 1 aliphatic rings. The molecule has 1 atom stereocenters. The average molecular weight is 246 g/mol. The molecule has 1 unspecified atom stereocenters. The predicted molar refractivity (Wildman–Crippen MR) is 77.6 cm³/mol. The minimum absolute atomic E-state index is 0.242. The Labute approximate surface area is 111 Å². The van der Waals surface area contributed by atoms with Gasteiger partial charge in [-0.05, 0) is 35.9 Å². The first kappa shape index (κ1) is 13.6. The number of hydrogen-bond acceptors (Lipinski definition) is 2. The van der Waals surface area contributed by atoms with Crippen molar-refractivity contribution in [3.8, 4) is 0 Å². The fraction of sp³-hybridized carbons (Fsp3) is 0.625. The molecule has 0 radical (unpaired) electrons. The smallest absolute Gasteiger partial charge is 0.0237 e. The van der Waals surface area contributed by atoms with Gasteiger partial charge in [-0.3, -0.25) is 4.90 Å². The fourth-order valence-electron chi connectivity index (χ4n) is 2.71. The number of nitrogens with two attached hydrogens (primary N) is 1. The molecule has 0 aromatic heterocycles. The molecular weight excluding hydrogens is 220 g/mol. The Bertz CT molecular complexity index is 375. The molecule has 100 valence electrons. The van der Waals surface area contributed by atoms with Gasteiger partial charge in [0, 0.05) is 19.1 Å². The number of likely N-dealkylation sites (tertiary alicyclic amines) is 1. The molecule has 0 bridgehead atoms. The SMILES string of the molecule is CC(C)(C)c1ccc(CN2CCCC2CN)cc1. The van der Waals surface area contributed by atoms with E-state index in [0.29, 0.717) is 6.04 Å². The molecule has 0 saturated carbocycles. The van der Waals surface area contributed by atoms with Gasteiger partial charge in [0.1, 0.15) is 0 Å². The Kier molecular flexibility index (Phi) is 4.08. The van der Waals surface area contributed by atoms with Crippen molar-refractivity contribution in [2.75, 3.05) is 13.1 Å². The molecule has 1 aliphatic heterocycles. The summed E-state index contributed by atoms with van der Waals surface area (Å²) in [7, 11) is 0. The lowest BCUT2D eigenvalue weighted by atomic mass is 9.87. The zero-order valence-electron chi connectivity index (χ0n) is 11.9. The van der Waals surface area contributed by atoms with E-state index in [-0.39, 0.29) is 5.41 Å². The molecular formula is C16H26N2. The standard InChI is InChI=1S/C16H26N2/c1-16(2,3)14-8-6-13(7-9-14)12-18-10-4-5-15(18)11-17/h6-9,15H,4-5,10-12,17H2,1-3H3. The molecule has 2 nitrogen and oxygen atoms in total. The van der Waals surface area contributed by atoms with E-state index in [0.717, 1.165) is 13.1 Å². The molecule has 1 saturated heterocycles. The number of benzene rings is 1. The van der Waals surface area contributed by atoms with Crippen LogP contribution in [0.1, 0.15) is 44.7 Å². The van der Waals surface area contributed by atoms with Gasteiger partial charge in [0.15, 0.2) is 0 Å². The molecule has 2 rings (SSSR count). The van der Waals surface area contributed by atoms with Gasteiger partial charge < -0.3 is 5.73 Å². The zero-order valence-corrected chi connectivity index (χ0v) is 11.9. The third-order valence-electron chi connectivity index (χ3n) is 3.98. The molecule has 0 spiro atoms. The summed E-state index contributed by atoms with van der Waals surface area (Å²) in [5, 5.41) is 0. The van der Waals surface area contributed by atoms with Gasteiger partial charge in [0.2, 0.25) is 0 Å². The highest BCUT2D eigenvalue weighted by Gasteiger charge is 2.23. The topological polar surface area (TPSA) is 29.3 Å². The highest BCUT2D eigenvalue weighted by Crippen LogP contribution is 2.24. The van der Waals surface area contributed by atoms with Crippen LogP contribution in [0.5, 0.6) is 0 Å². The Hall–Kier alpha value is -0.860. The highest BCUT2D eigenvalue weighted by atomic mass is 15.2. The van der Waals surface area contributed by atoms with Gasteiger partial charge in [-0.15, -0.1) is 0 Å². The normalized spacial score (nSPS) is 21.4. The summed E-state index contributed by atoms with van der Waals surface area (Å²) >= 11 is 0. The lowest BCUT2D eigenvalue weighted by Gasteiger charge is -2.24. The zero-order chi connectivity index (χ0) is 13.2. The maximum absolute atomic E-state index is 5.82. The van der Waals surface area contributed by atoms with Crippen LogP contribution in [0.2, 0.25) is 0 Å². The van der Waals surface area contributed by atoms with Crippen LogP contribution in [0.4, 0.5) is 0 Å². The minimum Gasteiger partial charge on any atom is -0.329 e. The van der Waals surface area contributed by atoms with Gasteiger partial charge in [0.05, 0.1) is 0 Å². The van der Waals surface area contributed by atoms with Crippen LogP contribution in [0.25, 0.3) is 0 Å². The molecule has 0 amide bonds. The molecule has 1 heterocycles. The third kappa shape index (κ3) is 3.12. The van der Waals surface area contributed by atoms with Crippen molar-refractivity contribution in [3.05, 3.63) is 35.4 Å². The number of nitrogens with zero attached hydrogens (tertiary/aromatic N) is 1. The first-order valence-corrected chi connectivity index (χ1v) is 7.04. The van der Waals surface area contributed by atoms with Gasteiger partial charge in [-0.1, -0.05) is 45.0 Å². The highest BCUT2D eigenvalue weighted by molar-refractivity contribution is 5.27. The molecule has 1 fully saturated rings. The maximum atomic E-state index is 5.82. The van der Waals surface area contributed by atoms with Crippen molar-refractivity contribution in [2.24, 2.45) is 5.73 Å². The average Bonchev–Trinajstić information content (AvgIpc) is 2.76. The second-order valence-corrected chi connectivity index (χ2v) is 6.45. The van der Waals surface area contributed by atoms with E-state index >= 15 is 0 Å². The molecule has 2 N–H and O–H groups in total. The predicted octanol–water partition coefficient (Wildman–Crippen LogP) is 2.91. The maximum Gasteiger partial charge on any atom is 0.0237 e. The first-order valence-electron chi connectivity index (χ1n) is 7.04. The summed E-state index contributed by atoms with van der Waals surface area (Å²) in [5.74, 6) is 0. The van der Waals surface area contributed by atoms with E-state index in [1.54, 1.807) is 0 Å². The van der Waals surface area contributed by atoms with Crippen molar-refractivity contribution in [3.63, 3.8) is 0 Å². The van der Waals surface area contributed by atoms with Gasteiger partial charge in [0.25, 0.3) is 0 Å². The molecule has 18 heavy (non-hydrogen) atoms. The van der Waals surface area contributed by atoms with Crippen LogP contribution >= 0.6 is 0 Å². The second kappa shape index (κ2) is 5.41. The monoisotopic (exact) mass is 246 g/mol. The van der Waals surface area contributed by atoms with Crippen molar-refractivity contribution in [1.82, 2.24) is 4.90 Å². The Morgan fingerprint density at radius 3 is 2.44 bits per heavy atom. The van der Waals surface area contributed by atoms with E-state index in [1.807, 2.05) is 0 Å². The lowest BCUT2D eigenvalue weighted by molar-refractivity contribution is 0.250. The summed E-state index contributed by atoms with van der Waals surface area (Å²) in [4.78, 5) is 2.52. The molecule has 1 aromatic carbocycles. The third-order valence-corrected chi connectivity index (χ3v) is 3.98. The van der Waals surface area contributed by atoms with E-state index in [2.05, 4.69) is 49.9 Å². The summed E-state index contributed by atoms with van der Waals surface area (Å²) in [6.45, 7) is 9.81. The van der Waals surface area contributed by atoms with E-state index in [4.69, 9.17) is 5.73 Å². The number of rotatable bonds is 3. The van der Waals surface area contributed by atoms with Crippen LogP contribution in [0, 0.1) is 0 Å². The molecule has 2 heteroatoms. The van der Waals surface area contributed by atoms with E-state index < -0.39 is 0 Å². The summed E-state index contributed by atoms with van der Waals surface area (Å²) in [6.07, 6.45) is 2.55. The minimum atomic E-state index is 0.242. The van der Waals surface area contributed by atoms with Crippen LogP contribution in [0.3, 0.4) is 0 Å². The number of hydrogen-bond donors (Lipinski definition) is 1. The summed E-state index contributed by atoms with van der Waals surface area (Å²) < 4.78 is 0. The lowest BCUT2D eigenvalue weighted by Crippen LogP contribution is -2.34. The van der Waals surface area contributed by atoms with E-state index in [1.165, 1.54) is 30.5 Å². The van der Waals surface area contributed by atoms with Crippen molar-refractivity contribution >= 4 is 0 Å². The summed E-state index contributed by atoms with van der Waals surface area (Å²) in [6, 6.07) is 9.66. The largest absolute Gasteiger partial charge is 0.329 e. The molecule has 1 aromatic rings. The van der Waals surface area contributed by atoms with Crippen LogP contribution < -0.4 is 5.73 Å². The van der Waals surface area contributed by atoms with Crippen molar-refractivity contribution < 1.29 is 0 Å². The van der Waals surface area contributed by atoms with Crippen LogP contribution in [-0.4, -0.2) is 24.0 Å². The van der Waals surface area contributed by atoms with Crippen molar-refractivity contribution in [2.45, 2.75) is 51.6 Å².